The second kappa shape index (κ2) is 8.71. The van der Waals surface area contributed by atoms with Crippen molar-refractivity contribution in [2.45, 2.75) is 0 Å². The monoisotopic (exact) mass is 396 g/mol. The Kier molecular flexibility index (Phi) is 6.10. The molecule has 7 nitrogen and oxygen atoms in total. The van der Waals surface area contributed by atoms with E-state index in [2.05, 4.69) is 10.3 Å². The summed E-state index contributed by atoms with van der Waals surface area (Å²) in [4.78, 5) is 44.3. The number of hydrogen-bond acceptors (Lipinski definition) is 6. The van der Waals surface area contributed by atoms with Gasteiger partial charge in [0.1, 0.15) is 0 Å². The van der Waals surface area contributed by atoms with Gasteiger partial charge in [-0.2, -0.15) is 0 Å². The van der Waals surface area contributed by atoms with Crippen LogP contribution in [0.1, 0.15) is 15.9 Å². The van der Waals surface area contributed by atoms with Gasteiger partial charge in [-0.15, -0.1) is 0 Å². The van der Waals surface area contributed by atoms with Crippen molar-refractivity contribution in [2.75, 3.05) is 32.1 Å². The van der Waals surface area contributed by atoms with E-state index in [0.717, 1.165) is 27.9 Å². The average molecular weight is 396 g/mol. The van der Waals surface area contributed by atoms with Gasteiger partial charge in [-0.25, -0.2) is 0 Å². The molecule has 2 heterocycles. The number of carbonyl (C=O) groups excluding carboxylic acids is 3. The molecule has 144 valence electrons. The van der Waals surface area contributed by atoms with E-state index >= 15 is 0 Å². The van der Waals surface area contributed by atoms with Crippen LogP contribution in [0.3, 0.4) is 0 Å². The number of benzene rings is 1. The van der Waals surface area contributed by atoms with E-state index in [4.69, 9.17) is 0 Å². The molecule has 28 heavy (non-hydrogen) atoms. The molecule has 1 aliphatic rings. The minimum Gasteiger partial charge on any atom is -0.378 e. The number of nitrogens with zero attached hydrogens (tertiary/aromatic N) is 3. The van der Waals surface area contributed by atoms with Crippen molar-refractivity contribution < 1.29 is 14.4 Å². The third-order valence-electron chi connectivity index (χ3n) is 4.10. The van der Waals surface area contributed by atoms with Gasteiger partial charge in [0.05, 0.1) is 4.91 Å². The van der Waals surface area contributed by atoms with Crippen LogP contribution in [-0.4, -0.2) is 54.1 Å². The fourth-order valence-electron chi connectivity index (χ4n) is 2.61. The topological polar surface area (TPSA) is 82.6 Å². The van der Waals surface area contributed by atoms with E-state index in [-0.39, 0.29) is 30.1 Å². The molecule has 0 aliphatic carbocycles. The maximum Gasteiger partial charge on any atom is 0.293 e. The lowest BCUT2D eigenvalue weighted by atomic mass is 10.2. The molecule has 3 rings (SSSR count). The van der Waals surface area contributed by atoms with Crippen LogP contribution in [0.15, 0.2) is 53.7 Å². The highest BCUT2D eigenvalue weighted by molar-refractivity contribution is 8.18. The summed E-state index contributed by atoms with van der Waals surface area (Å²) in [5.41, 5.74) is 2.19. The Balaban J connectivity index is 1.58. The SMILES string of the molecule is CN(C)c1cccc(C(=O)NCCN2C(=O)S/C(=C\c3cccnc3)C2=O)c1. The number of imide groups is 1. The standard InChI is InChI=1S/C20H20N4O3S/c1-23(2)16-7-3-6-15(12-16)18(25)22-9-10-24-19(26)17(28-20(24)27)11-14-5-4-8-21-13-14/h3-8,11-13H,9-10H2,1-2H3,(H,22,25)/b17-11-. The highest BCUT2D eigenvalue weighted by Gasteiger charge is 2.34. The summed E-state index contributed by atoms with van der Waals surface area (Å²) in [7, 11) is 3.80. The van der Waals surface area contributed by atoms with E-state index in [0.29, 0.717) is 10.5 Å². The maximum absolute atomic E-state index is 12.5. The normalized spacial score (nSPS) is 15.2. The van der Waals surface area contributed by atoms with Gasteiger partial charge in [-0.3, -0.25) is 24.3 Å². The number of rotatable bonds is 6. The highest BCUT2D eigenvalue weighted by Crippen LogP contribution is 2.31. The first-order valence-electron chi connectivity index (χ1n) is 8.66. The number of thioether (sulfide) groups is 1. The molecule has 1 aromatic heterocycles. The number of amides is 3. The zero-order chi connectivity index (χ0) is 20.1. The molecule has 2 aromatic rings. The number of aromatic nitrogens is 1. The fourth-order valence-corrected chi connectivity index (χ4v) is 3.48. The van der Waals surface area contributed by atoms with Crippen LogP contribution < -0.4 is 10.2 Å². The minimum atomic E-state index is -0.359. The van der Waals surface area contributed by atoms with Crippen LogP contribution in [0.5, 0.6) is 0 Å². The van der Waals surface area contributed by atoms with Gasteiger partial charge in [0.25, 0.3) is 17.1 Å². The molecule has 8 heteroatoms. The van der Waals surface area contributed by atoms with Crippen molar-refractivity contribution in [1.29, 1.82) is 0 Å². The lowest BCUT2D eigenvalue weighted by Gasteiger charge is -2.15. The molecular formula is C20H20N4O3S. The van der Waals surface area contributed by atoms with Crippen molar-refractivity contribution in [3.05, 3.63) is 64.8 Å². The van der Waals surface area contributed by atoms with Crippen LogP contribution >= 0.6 is 11.8 Å². The van der Waals surface area contributed by atoms with Gasteiger partial charge in [0, 0.05) is 50.8 Å². The molecule has 0 unspecified atom stereocenters. The van der Waals surface area contributed by atoms with Crippen LogP contribution in [0.4, 0.5) is 10.5 Å². The number of carbonyl (C=O) groups is 3. The summed E-state index contributed by atoms with van der Waals surface area (Å²) in [5, 5.41) is 2.41. The van der Waals surface area contributed by atoms with E-state index in [9.17, 15) is 14.4 Å². The summed E-state index contributed by atoms with van der Waals surface area (Å²) in [6.07, 6.45) is 4.90. The van der Waals surface area contributed by atoms with Gasteiger partial charge in [0.2, 0.25) is 0 Å². The van der Waals surface area contributed by atoms with Crippen LogP contribution in [0.2, 0.25) is 0 Å². The van der Waals surface area contributed by atoms with Gasteiger partial charge >= 0.3 is 0 Å². The van der Waals surface area contributed by atoms with Crippen molar-refractivity contribution in [2.24, 2.45) is 0 Å². The van der Waals surface area contributed by atoms with Crippen LogP contribution in [-0.2, 0) is 4.79 Å². The highest BCUT2D eigenvalue weighted by atomic mass is 32.2. The summed E-state index contributed by atoms with van der Waals surface area (Å²) in [6, 6.07) is 10.8. The smallest absolute Gasteiger partial charge is 0.293 e. The van der Waals surface area contributed by atoms with Crippen molar-refractivity contribution in [3.8, 4) is 0 Å². The lowest BCUT2D eigenvalue weighted by Crippen LogP contribution is -2.37. The van der Waals surface area contributed by atoms with E-state index < -0.39 is 0 Å². The number of pyridine rings is 1. The first kappa shape index (κ1) is 19.6. The summed E-state index contributed by atoms with van der Waals surface area (Å²) >= 11 is 0.890. The summed E-state index contributed by atoms with van der Waals surface area (Å²) < 4.78 is 0. The molecule has 1 aliphatic heterocycles. The maximum atomic E-state index is 12.5. The predicted molar refractivity (Wildman–Crippen MR) is 110 cm³/mol. The Morgan fingerprint density at radius 3 is 2.79 bits per heavy atom. The molecule has 0 saturated carbocycles. The van der Waals surface area contributed by atoms with E-state index in [1.54, 1.807) is 36.7 Å². The molecule has 3 amide bonds. The van der Waals surface area contributed by atoms with Crippen LogP contribution in [0, 0.1) is 0 Å². The van der Waals surface area contributed by atoms with Gasteiger partial charge < -0.3 is 10.2 Å². The molecule has 1 aromatic carbocycles. The molecule has 0 bridgehead atoms. The Morgan fingerprint density at radius 1 is 1.25 bits per heavy atom. The first-order chi connectivity index (χ1) is 13.5. The zero-order valence-electron chi connectivity index (χ0n) is 15.6. The zero-order valence-corrected chi connectivity index (χ0v) is 16.4. The second-order valence-electron chi connectivity index (χ2n) is 6.32. The predicted octanol–water partition coefficient (Wildman–Crippen LogP) is 2.61. The molecular weight excluding hydrogens is 376 g/mol. The Bertz CT molecular complexity index is 928. The van der Waals surface area contributed by atoms with Crippen molar-refractivity contribution in [3.63, 3.8) is 0 Å². The van der Waals surface area contributed by atoms with E-state index in [1.807, 2.05) is 37.2 Å². The van der Waals surface area contributed by atoms with E-state index in [1.165, 1.54) is 0 Å². The third-order valence-corrected chi connectivity index (χ3v) is 5.01. The second-order valence-corrected chi connectivity index (χ2v) is 7.31. The molecule has 0 spiro atoms. The number of nitrogens with one attached hydrogen (secondary N) is 1. The quantitative estimate of drug-likeness (QED) is 0.756. The van der Waals surface area contributed by atoms with Crippen molar-refractivity contribution in [1.82, 2.24) is 15.2 Å². The number of hydrogen-bond donors (Lipinski definition) is 1. The fraction of sp³-hybridized carbons (Fsp3) is 0.200. The lowest BCUT2D eigenvalue weighted by molar-refractivity contribution is -0.122. The number of anilines is 1. The average Bonchev–Trinajstić information content (AvgIpc) is 2.96. The van der Waals surface area contributed by atoms with Gasteiger partial charge in [0.15, 0.2) is 0 Å². The molecule has 1 saturated heterocycles. The van der Waals surface area contributed by atoms with Crippen LogP contribution in [0.25, 0.3) is 6.08 Å². The molecule has 1 fully saturated rings. The molecule has 0 radical (unpaired) electrons. The largest absolute Gasteiger partial charge is 0.378 e. The minimum absolute atomic E-state index is 0.119. The molecule has 1 N–H and O–H groups in total. The summed E-state index contributed by atoms with van der Waals surface area (Å²) in [6.45, 7) is 0.303. The first-order valence-corrected chi connectivity index (χ1v) is 9.48. The Hall–Kier alpha value is -3.13. The van der Waals surface area contributed by atoms with Gasteiger partial charge in [-0.05, 0) is 47.7 Å². The summed E-state index contributed by atoms with van der Waals surface area (Å²) in [5.74, 6) is -0.607. The Labute approximate surface area is 167 Å². The van der Waals surface area contributed by atoms with Crippen molar-refractivity contribution >= 4 is 40.6 Å². The Morgan fingerprint density at radius 2 is 2.07 bits per heavy atom. The molecule has 0 atom stereocenters. The van der Waals surface area contributed by atoms with Gasteiger partial charge in [-0.1, -0.05) is 12.1 Å². The third kappa shape index (κ3) is 4.58.